The number of hydrogen-bond acceptors (Lipinski definition) is 5. The highest BCUT2D eigenvalue weighted by molar-refractivity contribution is 7.99. The summed E-state index contributed by atoms with van der Waals surface area (Å²) in [6.07, 6.45) is 2.86. The van der Waals surface area contributed by atoms with Gasteiger partial charge in [-0.05, 0) is 84.0 Å². The fourth-order valence-electron chi connectivity index (χ4n) is 2.62. The van der Waals surface area contributed by atoms with Crippen molar-refractivity contribution >= 4 is 35.2 Å². The van der Waals surface area contributed by atoms with Crippen molar-refractivity contribution < 1.29 is 9.47 Å². The van der Waals surface area contributed by atoms with E-state index in [9.17, 15) is 0 Å². The fraction of sp³-hybridized carbons (Fsp3) is 0.619. The summed E-state index contributed by atoms with van der Waals surface area (Å²) in [5.74, 6) is 0.678. The Labute approximate surface area is 172 Å². The molecule has 0 fully saturated rings. The van der Waals surface area contributed by atoms with Crippen molar-refractivity contribution in [1.82, 2.24) is 0 Å². The van der Waals surface area contributed by atoms with Gasteiger partial charge in [0.2, 0.25) is 5.90 Å². The molecule has 150 valence electrons. The van der Waals surface area contributed by atoms with Crippen LogP contribution in [0.5, 0.6) is 0 Å². The molecule has 1 aliphatic heterocycles. The SMILES string of the molecule is COCCCC/C(=N\SC(C)(C)C)c1cc(Cl)ccc1C1=NC(C)(C)CO1. The molecule has 1 aromatic rings. The minimum absolute atomic E-state index is 0.0416. The number of nitrogens with zero attached hydrogens (tertiary/aromatic N) is 2. The maximum atomic E-state index is 6.33. The zero-order valence-electron chi connectivity index (χ0n) is 17.3. The normalized spacial score (nSPS) is 17.0. The van der Waals surface area contributed by atoms with Gasteiger partial charge in [-0.25, -0.2) is 9.39 Å². The summed E-state index contributed by atoms with van der Waals surface area (Å²) in [5, 5.41) is 0.692. The molecular weight excluding hydrogens is 380 g/mol. The average molecular weight is 411 g/mol. The van der Waals surface area contributed by atoms with Crippen molar-refractivity contribution in [3.8, 4) is 0 Å². The van der Waals surface area contributed by atoms with Crippen molar-refractivity contribution in [2.75, 3.05) is 20.3 Å². The van der Waals surface area contributed by atoms with Crippen LogP contribution < -0.4 is 0 Å². The Morgan fingerprint density at radius 3 is 2.67 bits per heavy atom. The first-order valence-corrected chi connectivity index (χ1v) is 10.5. The third kappa shape index (κ3) is 7.13. The van der Waals surface area contributed by atoms with Crippen LogP contribution >= 0.6 is 23.5 Å². The third-order valence-electron chi connectivity index (χ3n) is 3.93. The van der Waals surface area contributed by atoms with Gasteiger partial charge in [-0.15, -0.1) is 0 Å². The van der Waals surface area contributed by atoms with Gasteiger partial charge in [-0.1, -0.05) is 11.6 Å². The lowest BCUT2D eigenvalue weighted by Crippen LogP contribution is -2.17. The lowest BCUT2D eigenvalue weighted by atomic mass is 9.99. The van der Waals surface area contributed by atoms with Gasteiger partial charge in [0.15, 0.2) is 0 Å². The van der Waals surface area contributed by atoms with Gasteiger partial charge in [0.25, 0.3) is 0 Å². The van der Waals surface area contributed by atoms with E-state index in [1.54, 1.807) is 19.1 Å². The van der Waals surface area contributed by atoms with E-state index in [1.807, 2.05) is 18.2 Å². The Kier molecular flexibility index (Phi) is 7.78. The Hall–Kier alpha value is -1.04. The second-order valence-electron chi connectivity index (χ2n) is 8.40. The van der Waals surface area contributed by atoms with Crippen LogP contribution in [-0.2, 0) is 9.47 Å². The topological polar surface area (TPSA) is 43.2 Å². The molecule has 2 rings (SSSR count). The molecule has 6 heteroatoms. The van der Waals surface area contributed by atoms with Gasteiger partial charge in [0.1, 0.15) is 6.61 Å². The van der Waals surface area contributed by atoms with Crippen LogP contribution in [0, 0.1) is 0 Å². The van der Waals surface area contributed by atoms with E-state index in [-0.39, 0.29) is 10.3 Å². The number of halogens is 1. The monoisotopic (exact) mass is 410 g/mol. The average Bonchev–Trinajstić information content (AvgIpc) is 2.93. The number of aliphatic imine (C=N–C) groups is 1. The first kappa shape index (κ1) is 22.3. The van der Waals surface area contributed by atoms with Crippen LogP contribution in [-0.4, -0.2) is 42.2 Å². The second-order valence-corrected chi connectivity index (χ2v) is 10.4. The van der Waals surface area contributed by atoms with E-state index in [4.69, 9.17) is 30.5 Å². The summed E-state index contributed by atoms with van der Waals surface area (Å²) in [7, 11) is 1.73. The molecule has 0 aromatic heterocycles. The third-order valence-corrected chi connectivity index (χ3v) is 5.03. The van der Waals surface area contributed by atoms with Crippen molar-refractivity contribution in [1.29, 1.82) is 0 Å². The lowest BCUT2D eigenvalue weighted by Gasteiger charge is -2.17. The van der Waals surface area contributed by atoms with Gasteiger partial charge in [0, 0.05) is 34.6 Å². The van der Waals surface area contributed by atoms with E-state index in [2.05, 4.69) is 34.6 Å². The summed E-state index contributed by atoms with van der Waals surface area (Å²) >= 11 is 7.93. The van der Waals surface area contributed by atoms with E-state index < -0.39 is 0 Å². The number of benzene rings is 1. The van der Waals surface area contributed by atoms with E-state index in [0.29, 0.717) is 17.5 Å². The largest absolute Gasteiger partial charge is 0.475 e. The molecule has 0 saturated heterocycles. The Morgan fingerprint density at radius 1 is 1.33 bits per heavy atom. The summed E-state index contributed by atoms with van der Waals surface area (Å²) in [6, 6.07) is 5.85. The molecule has 27 heavy (non-hydrogen) atoms. The van der Waals surface area contributed by atoms with Crippen LogP contribution in [0.2, 0.25) is 5.02 Å². The van der Waals surface area contributed by atoms with Gasteiger partial charge in [-0.3, -0.25) is 0 Å². The predicted octanol–water partition coefficient (Wildman–Crippen LogP) is 5.95. The summed E-state index contributed by atoms with van der Waals surface area (Å²) < 4.78 is 16.0. The molecule has 0 bridgehead atoms. The van der Waals surface area contributed by atoms with Crippen molar-refractivity contribution in [2.24, 2.45) is 9.39 Å². The molecule has 0 N–H and O–H groups in total. The van der Waals surface area contributed by atoms with Gasteiger partial charge in [0.05, 0.1) is 11.3 Å². The molecule has 0 atom stereocenters. The number of unbranched alkanes of at least 4 members (excludes halogenated alkanes) is 1. The minimum atomic E-state index is -0.206. The minimum Gasteiger partial charge on any atom is -0.475 e. The van der Waals surface area contributed by atoms with Gasteiger partial charge >= 0.3 is 0 Å². The van der Waals surface area contributed by atoms with Crippen LogP contribution in [0.4, 0.5) is 0 Å². The highest BCUT2D eigenvalue weighted by atomic mass is 35.5. The molecule has 1 aliphatic rings. The molecule has 1 heterocycles. The van der Waals surface area contributed by atoms with Crippen molar-refractivity contribution in [3.63, 3.8) is 0 Å². The van der Waals surface area contributed by atoms with Crippen molar-refractivity contribution in [2.45, 2.75) is 64.2 Å². The van der Waals surface area contributed by atoms with Crippen LogP contribution in [0.3, 0.4) is 0 Å². The second kappa shape index (κ2) is 9.44. The smallest absolute Gasteiger partial charge is 0.217 e. The maximum Gasteiger partial charge on any atom is 0.217 e. The number of ether oxygens (including phenoxy) is 2. The van der Waals surface area contributed by atoms with Crippen LogP contribution in [0.15, 0.2) is 27.6 Å². The zero-order valence-corrected chi connectivity index (χ0v) is 18.8. The van der Waals surface area contributed by atoms with Gasteiger partial charge < -0.3 is 9.47 Å². The van der Waals surface area contributed by atoms with E-state index in [0.717, 1.165) is 42.7 Å². The number of methoxy groups -OCH3 is 1. The molecule has 0 unspecified atom stereocenters. The number of rotatable bonds is 8. The van der Waals surface area contributed by atoms with Crippen molar-refractivity contribution in [3.05, 3.63) is 34.3 Å². The number of hydrogen-bond donors (Lipinski definition) is 0. The van der Waals surface area contributed by atoms with Gasteiger partial charge in [-0.2, -0.15) is 0 Å². The summed E-state index contributed by atoms with van der Waals surface area (Å²) in [4.78, 5) is 4.75. The Morgan fingerprint density at radius 2 is 2.07 bits per heavy atom. The Balaban J connectivity index is 2.39. The molecule has 0 aliphatic carbocycles. The fourth-order valence-corrected chi connectivity index (χ4v) is 3.37. The van der Waals surface area contributed by atoms with E-state index in [1.165, 1.54) is 0 Å². The summed E-state index contributed by atoms with van der Waals surface area (Å²) in [6.45, 7) is 12.0. The first-order valence-electron chi connectivity index (χ1n) is 9.38. The predicted molar refractivity (Wildman–Crippen MR) is 118 cm³/mol. The Bertz CT molecular complexity index is 709. The molecule has 0 amide bonds. The molecule has 4 nitrogen and oxygen atoms in total. The lowest BCUT2D eigenvalue weighted by molar-refractivity contribution is 0.193. The highest BCUT2D eigenvalue weighted by Crippen LogP contribution is 2.29. The highest BCUT2D eigenvalue weighted by Gasteiger charge is 2.29. The molecule has 1 aromatic carbocycles. The quantitative estimate of drug-likeness (QED) is 0.302. The molecule has 0 saturated carbocycles. The molecular formula is C21H31ClN2O2S. The van der Waals surface area contributed by atoms with Crippen LogP contribution in [0.25, 0.3) is 0 Å². The summed E-state index contributed by atoms with van der Waals surface area (Å²) in [5.41, 5.74) is 2.79. The molecule has 0 radical (unpaired) electrons. The first-order chi connectivity index (χ1) is 12.6. The zero-order chi connectivity index (χ0) is 20.1. The van der Waals surface area contributed by atoms with E-state index >= 15 is 0 Å². The maximum absolute atomic E-state index is 6.33. The molecule has 0 spiro atoms. The van der Waals surface area contributed by atoms with Crippen LogP contribution in [0.1, 0.15) is 65.0 Å². The standard InChI is InChI=1S/C21H31ClN2O2S/c1-20(2,3)27-24-18(9-7-8-12-25-6)17-13-15(22)10-11-16(17)19-23-21(4,5)14-26-19/h10-11,13H,7-9,12,14H2,1-6H3/b24-18+.